The highest BCUT2D eigenvalue weighted by molar-refractivity contribution is 6.20. The Hall–Kier alpha value is 0.110. The molecule has 0 bridgehead atoms. The van der Waals surface area contributed by atoms with E-state index in [-0.39, 0.29) is 6.61 Å². The Morgan fingerprint density at radius 3 is 2.40 bits per heavy atom. The van der Waals surface area contributed by atoms with E-state index < -0.39 is 11.5 Å². The van der Waals surface area contributed by atoms with Crippen molar-refractivity contribution in [2.75, 3.05) is 6.61 Å². The summed E-state index contributed by atoms with van der Waals surface area (Å²) in [6.07, 6.45) is -2.61. The molecule has 0 N–H and O–H groups in total. The summed E-state index contributed by atoms with van der Waals surface area (Å²) < 4.78 is 28.9. The van der Waals surface area contributed by atoms with E-state index in [0.29, 0.717) is 6.42 Å². The monoisotopic (exact) mass is 172 g/mol. The third-order valence-corrected chi connectivity index (χ3v) is 1.22. The lowest BCUT2D eigenvalue weighted by atomic mass is 10.4. The lowest BCUT2D eigenvalue weighted by Gasteiger charge is -2.17. The van der Waals surface area contributed by atoms with Gasteiger partial charge in [0, 0.05) is 0 Å². The second kappa shape index (κ2) is 4.09. The highest BCUT2D eigenvalue weighted by atomic mass is 35.5. The highest BCUT2D eigenvalue weighted by Crippen LogP contribution is 2.24. The molecule has 0 aliphatic heterocycles. The molecule has 4 heteroatoms. The minimum atomic E-state index is -3.18. The molecule has 0 aromatic heterocycles. The fourth-order valence-electron chi connectivity index (χ4n) is 0.353. The molecule has 0 fully saturated rings. The van der Waals surface area contributed by atoms with Gasteiger partial charge in [0.05, 0.1) is 6.61 Å². The van der Waals surface area contributed by atoms with Crippen LogP contribution in [0.25, 0.3) is 0 Å². The molecule has 62 valence electrons. The van der Waals surface area contributed by atoms with Crippen molar-refractivity contribution in [2.24, 2.45) is 0 Å². The number of ether oxygens (including phenoxy) is 1. The van der Waals surface area contributed by atoms with E-state index in [1.54, 1.807) is 6.92 Å². The molecule has 0 heterocycles. The molecule has 0 rings (SSSR count). The van der Waals surface area contributed by atoms with Gasteiger partial charge in [0.2, 0.25) is 0 Å². The average Bonchev–Trinajstić information content (AvgIpc) is 1.84. The van der Waals surface area contributed by atoms with Crippen LogP contribution in [0, 0.1) is 0 Å². The van der Waals surface area contributed by atoms with Gasteiger partial charge in [0.25, 0.3) is 0 Å². The predicted octanol–water partition coefficient (Wildman–Crippen LogP) is 2.63. The van der Waals surface area contributed by atoms with Gasteiger partial charge in [0.15, 0.2) is 0 Å². The molecule has 1 unspecified atom stereocenters. The van der Waals surface area contributed by atoms with Crippen LogP contribution in [0.2, 0.25) is 0 Å². The number of hydrogen-bond acceptors (Lipinski definition) is 1. The summed E-state index contributed by atoms with van der Waals surface area (Å²) in [5.41, 5.74) is 0. The molecule has 0 spiro atoms. The molecule has 0 saturated heterocycles. The number of rotatable bonds is 4. The van der Waals surface area contributed by atoms with Crippen LogP contribution in [0.5, 0.6) is 0 Å². The molecule has 0 radical (unpaired) electrons. The van der Waals surface area contributed by atoms with Gasteiger partial charge in [-0.25, -0.2) is 0 Å². The van der Waals surface area contributed by atoms with Crippen LogP contribution in [0.15, 0.2) is 0 Å². The van der Waals surface area contributed by atoms with Crippen molar-refractivity contribution < 1.29 is 13.5 Å². The van der Waals surface area contributed by atoms with Crippen LogP contribution in [0.1, 0.15) is 20.3 Å². The van der Waals surface area contributed by atoms with E-state index in [9.17, 15) is 8.78 Å². The maximum Gasteiger partial charge on any atom is 0.371 e. The van der Waals surface area contributed by atoms with Crippen molar-refractivity contribution in [1.82, 2.24) is 0 Å². The van der Waals surface area contributed by atoms with Crippen LogP contribution in [-0.2, 0) is 4.74 Å². The van der Waals surface area contributed by atoms with Gasteiger partial charge < -0.3 is 4.74 Å². The van der Waals surface area contributed by atoms with Crippen LogP contribution < -0.4 is 0 Å². The Kier molecular flexibility index (Phi) is 4.13. The maximum absolute atomic E-state index is 12.4. The van der Waals surface area contributed by atoms with Gasteiger partial charge in [-0.15, -0.1) is 11.6 Å². The van der Waals surface area contributed by atoms with Gasteiger partial charge in [-0.2, -0.15) is 8.78 Å². The quantitative estimate of drug-likeness (QED) is 0.593. The highest BCUT2D eigenvalue weighted by Gasteiger charge is 2.35. The van der Waals surface area contributed by atoms with Gasteiger partial charge in [-0.1, -0.05) is 6.92 Å². The zero-order valence-electron chi connectivity index (χ0n) is 6.03. The summed E-state index contributed by atoms with van der Waals surface area (Å²) in [6.45, 7) is 3.01. The second-order valence-electron chi connectivity index (χ2n) is 2.03. The van der Waals surface area contributed by atoms with Crippen LogP contribution in [0.4, 0.5) is 8.78 Å². The van der Waals surface area contributed by atoms with E-state index in [0.717, 1.165) is 0 Å². The lowest BCUT2D eigenvalue weighted by molar-refractivity contribution is -0.236. The minimum absolute atomic E-state index is 0.0457. The van der Waals surface area contributed by atoms with E-state index >= 15 is 0 Å². The molecule has 0 aliphatic rings. The molecule has 0 amide bonds. The standard InChI is InChI=1S/C6H11ClF2O/c1-3-4-10-6(8,9)5(2)7/h5H,3-4H2,1-2H3. The first-order chi connectivity index (χ1) is 4.50. The maximum atomic E-state index is 12.4. The van der Waals surface area contributed by atoms with Crippen molar-refractivity contribution in [3.63, 3.8) is 0 Å². The lowest BCUT2D eigenvalue weighted by Crippen LogP contribution is -2.30. The normalized spacial score (nSPS) is 15.3. The predicted molar refractivity (Wildman–Crippen MR) is 36.5 cm³/mol. The zero-order valence-corrected chi connectivity index (χ0v) is 6.79. The molecule has 0 aromatic rings. The molecular weight excluding hydrogens is 162 g/mol. The van der Waals surface area contributed by atoms with E-state index in [1.165, 1.54) is 6.92 Å². The number of hydrogen-bond donors (Lipinski definition) is 0. The molecule has 0 aliphatic carbocycles. The van der Waals surface area contributed by atoms with Crippen LogP contribution in [-0.4, -0.2) is 18.1 Å². The molecule has 0 aromatic carbocycles. The van der Waals surface area contributed by atoms with Crippen LogP contribution in [0.3, 0.4) is 0 Å². The average molecular weight is 173 g/mol. The van der Waals surface area contributed by atoms with Gasteiger partial charge in [0.1, 0.15) is 5.38 Å². The van der Waals surface area contributed by atoms with Crippen molar-refractivity contribution in [2.45, 2.75) is 31.8 Å². The second-order valence-corrected chi connectivity index (χ2v) is 2.68. The fraction of sp³-hybridized carbons (Fsp3) is 1.00. The van der Waals surface area contributed by atoms with E-state index in [2.05, 4.69) is 4.74 Å². The smallest absolute Gasteiger partial charge is 0.319 e. The van der Waals surface area contributed by atoms with Crippen molar-refractivity contribution >= 4 is 11.6 Å². The summed E-state index contributed by atoms with van der Waals surface area (Å²) in [5.74, 6) is 0. The first kappa shape index (κ1) is 10.1. The largest absolute Gasteiger partial charge is 0.371 e. The summed E-state index contributed by atoms with van der Waals surface area (Å²) in [5, 5.41) is -1.26. The molecule has 1 nitrogen and oxygen atoms in total. The Balaban J connectivity index is 3.63. The van der Waals surface area contributed by atoms with Crippen molar-refractivity contribution in [1.29, 1.82) is 0 Å². The fourth-order valence-corrected chi connectivity index (χ4v) is 0.416. The topological polar surface area (TPSA) is 9.23 Å². The summed E-state index contributed by atoms with van der Waals surface area (Å²) in [4.78, 5) is 0. The minimum Gasteiger partial charge on any atom is -0.319 e. The van der Waals surface area contributed by atoms with Crippen LogP contribution >= 0.6 is 11.6 Å². The summed E-state index contributed by atoms with van der Waals surface area (Å²) in [6, 6.07) is 0. The summed E-state index contributed by atoms with van der Waals surface area (Å²) in [7, 11) is 0. The molecule has 10 heavy (non-hydrogen) atoms. The summed E-state index contributed by atoms with van der Waals surface area (Å²) >= 11 is 5.13. The Morgan fingerprint density at radius 2 is 2.10 bits per heavy atom. The SMILES string of the molecule is CCCOC(F)(F)C(C)Cl. The molecule has 0 saturated carbocycles. The van der Waals surface area contributed by atoms with Crippen molar-refractivity contribution in [3.05, 3.63) is 0 Å². The Morgan fingerprint density at radius 1 is 1.60 bits per heavy atom. The van der Waals surface area contributed by atoms with Gasteiger partial charge in [-0.3, -0.25) is 0 Å². The van der Waals surface area contributed by atoms with E-state index in [1.807, 2.05) is 0 Å². The molecular formula is C6H11ClF2O. The first-order valence-corrected chi connectivity index (χ1v) is 3.60. The number of alkyl halides is 3. The van der Waals surface area contributed by atoms with E-state index in [4.69, 9.17) is 11.6 Å². The first-order valence-electron chi connectivity index (χ1n) is 3.16. The van der Waals surface area contributed by atoms with Crippen molar-refractivity contribution in [3.8, 4) is 0 Å². The Labute approximate surface area is 64.3 Å². The third-order valence-electron chi connectivity index (χ3n) is 0.962. The third kappa shape index (κ3) is 3.32. The van der Waals surface area contributed by atoms with Gasteiger partial charge >= 0.3 is 6.11 Å². The van der Waals surface area contributed by atoms with Gasteiger partial charge in [-0.05, 0) is 13.3 Å². The number of halogens is 3. The molecule has 1 atom stereocenters. The Bertz CT molecular complexity index is 95.7. The zero-order chi connectivity index (χ0) is 8.20.